The molecule has 3 nitrogen and oxygen atoms in total. The van der Waals surface area contributed by atoms with Gasteiger partial charge in [0.2, 0.25) is 5.91 Å². The van der Waals surface area contributed by atoms with Crippen molar-refractivity contribution < 1.29 is 4.79 Å². The Morgan fingerprint density at radius 1 is 1.15 bits per heavy atom. The van der Waals surface area contributed by atoms with Crippen LogP contribution in [0.1, 0.15) is 20.9 Å². The van der Waals surface area contributed by atoms with Crippen molar-refractivity contribution in [2.75, 3.05) is 11.9 Å². The number of rotatable bonds is 5. The van der Waals surface area contributed by atoms with E-state index in [4.69, 9.17) is 0 Å². The van der Waals surface area contributed by atoms with Crippen molar-refractivity contribution in [3.8, 4) is 0 Å². The van der Waals surface area contributed by atoms with E-state index in [0.29, 0.717) is 6.54 Å². The van der Waals surface area contributed by atoms with Gasteiger partial charge in [-0.25, -0.2) is 0 Å². The van der Waals surface area contributed by atoms with E-state index in [-0.39, 0.29) is 5.91 Å². The highest BCUT2D eigenvalue weighted by atomic mass is 32.1. The van der Waals surface area contributed by atoms with Crippen molar-refractivity contribution in [2.45, 2.75) is 27.3 Å². The second-order valence-corrected chi connectivity index (χ2v) is 6.31. The van der Waals surface area contributed by atoms with Crippen molar-refractivity contribution in [1.29, 1.82) is 0 Å². The first-order valence-electron chi connectivity index (χ1n) is 6.68. The van der Waals surface area contributed by atoms with Crippen LogP contribution in [-0.4, -0.2) is 12.5 Å². The molecule has 1 heterocycles. The predicted octanol–water partition coefficient (Wildman–Crippen LogP) is 3.40. The van der Waals surface area contributed by atoms with Crippen molar-refractivity contribution >= 4 is 22.9 Å². The molecule has 0 unspecified atom stereocenters. The molecular weight excluding hydrogens is 268 g/mol. The molecule has 0 radical (unpaired) electrons. The Morgan fingerprint density at radius 2 is 1.85 bits per heavy atom. The zero-order valence-corrected chi connectivity index (χ0v) is 12.9. The molecule has 2 rings (SSSR count). The molecule has 0 saturated heterocycles. The largest absolute Gasteiger partial charge is 0.325 e. The molecule has 1 aromatic heterocycles. The normalized spacial score (nSPS) is 10.6. The first-order valence-corrected chi connectivity index (χ1v) is 7.49. The average molecular weight is 288 g/mol. The van der Waals surface area contributed by atoms with Gasteiger partial charge < -0.3 is 10.6 Å². The molecule has 0 saturated carbocycles. The molecule has 0 aliphatic heterocycles. The smallest absolute Gasteiger partial charge is 0.238 e. The lowest BCUT2D eigenvalue weighted by Crippen LogP contribution is -2.27. The van der Waals surface area contributed by atoms with Crippen LogP contribution >= 0.6 is 11.3 Å². The summed E-state index contributed by atoms with van der Waals surface area (Å²) < 4.78 is 0. The summed E-state index contributed by atoms with van der Waals surface area (Å²) in [6.45, 7) is 7.32. The zero-order valence-electron chi connectivity index (χ0n) is 12.1. The third-order valence-corrected chi connectivity index (χ3v) is 4.29. The number of thiophene rings is 1. The second-order valence-electron chi connectivity index (χ2n) is 4.97. The number of aryl methyl sites for hydroxylation is 3. The fraction of sp³-hybridized carbons (Fsp3) is 0.312. The topological polar surface area (TPSA) is 41.1 Å². The molecule has 1 aromatic carbocycles. The standard InChI is InChI=1S/C16H20N2OS/c1-11-4-6-14(7-5-11)18-16(19)10-17-9-15-8-12(2)13(3)20-15/h4-8,17H,9-10H2,1-3H3,(H,18,19). The number of carbonyl (C=O) groups is 1. The molecule has 1 amide bonds. The Bertz CT molecular complexity index is 568. The summed E-state index contributed by atoms with van der Waals surface area (Å²) in [4.78, 5) is 14.4. The van der Waals surface area contributed by atoms with E-state index in [1.54, 1.807) is 11.3 Å². The summed E-state index contributed by atoms with van der Waals surface area (Å²) in [5.41, 5.74) is 3.34. The van der Waals surface area contributed by atoms with Crippen LogP contribution in [0, 0.1) is 20.8 Å². The molecule has 20 heavy (non-hydrogen) atoms. The summed E-state index contributed by atoms with van der Waals surface area (Å²) >= 11 is 1.78. The summed E-state index contributed by atoms with van der Waals surface area (Å²) in [6.07, 6.45) is 0. The molecule has 0 bridgehead atoms. The highest BCUT2D eigenvalue weighted by Crippen LogP contribution is 2.20. The van der Waals surface area contributed by atoms with Crippen LogP contribution in [0.5, 0.6) is 0 Å². The number of hydrogen-bond donors (Lipinski definition) is 2. The molecule has 0 fully saturated rings. The first kappa shape index (κ1) is 14.8. The highest BCUT2D eigenvalue weighted by molar-refractivity contribution is 7.12. The third kappa shape index (κ3) is 4.18. The molecule has 2 N–H and O–H groups in total. The Morgan fingerprint density at radius 3 is 2.45 bits per heavy atom. The first-order chi connectivity index (χ1) is 9.54. The lowest BCUT2D eigenvalue weighted by Gasteiger charge is -2.06. The van der Waals surface area contributed by atoms with Gasteiger partial charge in [-0.2, -0.15) is 0 Å². The van der Waals surface area contributed by atoms with E-state index < -0.39 is 0 Å². The molecular formula is C16H20N2OS. The van der Waals surface area contributed by atoms with E-state index in [0.717, 1.165) is 12.2 Å². The van der Waals surface area contributed by atoms with Crippen molar-refractivity contribution in [3.05, 3.63) is 51.2 Å². The number of hydrogen-bond acceptors (Lipinski definition) is 3. The van der Waals surface area contributed by atoms with E-state index in [1.165, 1.54) is 20.9 Å². The monoisotopic (exact) mass is 288 g/mol. The molecule has 106 valence electrons. The number of carbonyl (C=O) groups excluding carboxylic acids is 1. The van der Waals surface area contributed by atoms with Crippen LogP contribution in [0.25, 0.3) is 0 Å². The Balaban J connectivity index is 1.76. The van der Waals surface area contributed by atoms with Crippen molar-refractivity contribution in [2.24, 2.45) is 0 Å². The van der Waals surface area contributed by atoms with Crippen LogP contribution in [0.2, 0.25) is 0 Å². The summed E-state index contributed by atoms with van der Waals surface area (Å²) in [6, 6.07) is 9.98. The zero-order chi connectivity index (χ0) is 14.5. The quantitative estimate of drug-likeness (QED) is 0.885. The predicted molar refractivity (Wildman–Crippen MR) is 85.3 cm³/mol. The van der Waals surface area contributed by atoms with E-state index >= 15 is 0 Å². The van der Waals surface area contributed by atoms with E-state index in [9.17, 15) is 4.79 Å². The molecule has 0 spiro atoms. The third-order valence-electron chi connectivity index (χ3n) is 3.14. The van der Waals surface area contributed by atoms with E-state index in [2.05, 4.69) is 30.5 Å². The number of amides is 1. The summed E-state index contributed by atoms with van der Waals surface area (Å²) in [7, 11) is 0. The van der Waals surface area contributed by atoms with Gasteiger partial charge >= 0.3 is 0 Å². The van der Waals surface area contributed by atoms with Gasteiger partial charge in [-0.3, -0.25) is 4.79 Å². The maximum atomic E-state index is 11.8. The van der Waals surface area contributed by atoms with Gasteiger partial charge in [0.05, 0.1) is 6.54 Å². The summed E-state index contributed by atoms with van der Waals surface area (Å²) in [5.74, 6) is -0.0150. The van der Waals surface area contributed by atoms with Crippen molar-refractivity contribution in [3.63, 3.8) is 0 Å². The molecule has 0 aliphatic rings. The van der Waals surface area contributed by atoms with Gasteiger partial charge in [-0.05, 0) is 44.5 Å². The molecule has 0 atom stereocenters. The van der Waals surface area contributed by atoms with Gasteiger partial charge in [0.25, 0.3) is 0 Å². The minimum atomic E-state index is -0.0150. The van der Waals surface area contributed by atoms with Crippen LogP contribution in [0.4, 0.5) is 5.69 Å². The minimum Gasteiger partial charge on any atom is -0.325 e. The SMILES string of the molecule is Cc1ccc(NC(=O)CNCc2cc(C)c(C)s2)cc1. The van der Waals surface area contributed by atoms with Gasteiger partial charge in [0.1, 0.15) is 0 Å². The average Bonchev–Trinajstić information content (AvgIpc) is 2.71. The lowest BCUT2D eigenvalue weighted by molar-refractivity contribution is -0.115. The fourth-order valence-corrected chi connectivity index (χ4v) is 2.90. The van der Waals surface area contributed by atoms with Crippen molar-refractivity contribution in [1.82, 2.24) is 5.32 Å². The van der Waals surface area contributed by atoms with Crippen LogP contribution in [0.3, 0.4) is 0 Å². The Labute approximate surface area is 124 Å². The van der Waals surface area contributed by atoms with Gasteiger partial charge in [0.15, 0.2) is 0 Å². The second kappa shape index (κ2) is 6.68. The van der Waals surface area contributed by atoms with Gasteiger partial charge in [-0.1, -0.05) is 17.7 Å². The van der Waals surface area contributed by atoms with Crippen LogP contribution in [-0.2, 0) is 11.3 Å². The number of anilines is 1. The van der Waals surface area contributed by atoms with Crippen LogP contribution < -0.4 is 10.6 Å². The lowest BCUT2D eigenvalue weighted by atomic mass is 10.2. The highest BCUT2D eigenvalue weighted by Gasteiger charge is 2.04. The molecule has 0 aliphatic carbocycles. The number of benzene rings is 1. The maximum absolute atomic E-state index is 11.8. The molecule has 2 aromatic rings. The molecule has 4 heteroatoms. The number of nitrogens with one attached hydrogen (secondary N) is 2. The van der Waals surface area contributed by atoms with Gasteiger partial charge in [0, 0.05) is 22.0 Å². The van der Waals surface area contributed by atoms with E-state index in [1.807, 2.05) is 31.2 Å². The van der Waals surface area contributed by atoms with Crippen LogP contribution in [0.15, 0.2) is 30.3 Å². The fourth-order valence-electron chi connectivity index (χ4n) is 1.88. The Hall–Kier alpha value is -1.65. The minimum absolute atomic E-state index is 0.0150. The Kier molecular flexibility index (Phi) is 4.93. The van der Waals surface area contributed by atoms with Gasteiger partial charge in [-0.15, -0.1) is 11.3 Å². The maximum Gasteiger partial charge on any atom is 0.238 e. The summed E-state index contributed by atoms with van der Waals surface area (Å²) in [5, 5.41) is 6.05.